The van der Waals surface area contributed by atoms with E-state index in [4.69, 9.17) is 15.0 Å². The first kappa shape index (κ1) is 55.3. The zero-order chi connectivity index (χ0) is 62.0. The van der Waals surface area contributed by atoms with Gasteiger partial charge in [-0.2, -0.15) is 5.26 Å². The van der Waals surface area contributed by atoms with E-state index < -0.39 is 0 Å². The van der Waals surface area contributed by atoms with Crippen LogP contribution in [0.2, 0.25) is 0 Å². The Morgan fingerprint density at radius 1 is 0.261 bits per heavy atom. The second kappa shape index (κ2) is 22.8. The van der Waals surface area contributed by atoms with Gasteiger partial charge >= 0.3 is 0 Å². The lowest BCUT2D eigenvalue weighted by atomic mass is 9.92. The second-order valence-corrected chi connectivity index (χ2v) is 24.2. The molecular weight excluding hydrogens is 1120 g/mol. The van der Waals surface area contributed by atoms with Gasteiger partial charge in [-0.05, 0) is 168 Å². The van der Waals surface area contributed by atoms with Crippen LogP contribution in [0.25, 0.3) is 156 Å². The SMILES string of the molecule is Cc1ccc(-c2ccc3c(c2)c2cc(-c4ccc(C)cc4)ccc2n3-c2ccc(-c3ccc(C#N)cc3)cc2-c2cccc(-n3c4ccc(-c5ccc(C)cc5)cc4c4cc(-c5ccc(C)cc5)ccc43)c2-c2nc(-c3ccccc3)nc(-c3ccccc3)n2)cc1. The summed E-state index contributed by atoms with van der Waals surface area (Å²) in [6.07, 6.45) is 0. The Morgan fingerprint density at radius 2 is 0.587 bits per heavy atom. The van der Waals surface area contributed by atoms with E-state index in [0.29, 0.717) is 23.0 Å². The number of nitrogens with zero attached hydrogens (tertiary/aromatic N) is 6. The minimum Gasteiger partial charge on any atom is -0.309 e. The van der Waals surface area contributed by atoms with Crippen LogP contribution in [0, 0.1) is 39.0 Å². The molecule has 92 heavy (non-hydrogen) atoms. The van der Waals surface area contributed by atoms with Crippen molar-refractivity contribution < 1.29 is 0 Å². The van der Waals surface area contributed by atoms with Gasteiger partial charge in [0.2, 0.25) is 0 Å². The average molecular weight is 1180 g/mol. The van der Waals surface area contributed by atoms with E-state index in [1.807, 2.05) is 60.7 Å². The standard InChI is InChI=1S/C86H60N6/c1-54-18-28-59(29-19-54)67-39-44-78-73(49-67)74-50-68(60-30-20-55(2)21-31-60)40-45-79(74)91(78)77-43-38-66(63-36-26-58(53-87)27-37-63)48-72(77)71-16-11-17-82(83(71)86-89-84(64-12-7-5-8-13-64)88-85(90-86)65-14-9-6-10-15-65)92-80-46-41-69(61-32-22-56(3)23-33-61)51-75(80)76-52-70(42-47-81(76)92)62-34-24-57(4)25-35-62/h5-52H,1-4H3. The van der Waals surface area contributed by atoms with Crippen molar-refractivity contribution in [1.29, 1.82) is 5.26 Å². The molecule has 3 heterocycles. The third kappa shape index (κ3) is 9.99. The van der Waals surface area contributed by atoms with Crippen molar-refractivity contribution in [2.75, 3.05) is 0 Å². The van der Waals surface area contributed by atoms with Crippen molar-refractivity contribution in [1.82, 2.24) is 24.1 Å². The van der Waals surface area contributed by atoms with Gasteiger partial charge in [-0.15, -0.1) is 0 Å². The van der Waals surface area contributed by atoms with Crippen LogP contribution >= 0.6 is 0 Å². The number of fused-ring (bicyclic) bond motifs is 6. The number of aryl methyl sites for hydroxylation is 4. The quantitative estimate of drug-likeness (QED) is 0.129. The molecule has 0 aliphatic carbocycles. The van der Waals surface area contributed by atoms with Gasteiger partial charge in [0.25, 0.3) is 0 Å². The summed E-state index contributed by atoms with van der Waals surface area (Å²) >= 11 is 0. The summed E-state index contributed by atoms with van der Waals surface area (Å²) in [4.78, 5) is 16.6. The van der Waals surface area contributed by atoms with Crippen LogP contribution in [0.3, 0.4) is 0 Å². The first-order valence-electron chi connectivity index (χ1n) is 31.3. The molecule has 0 spiro atoms. The van der Waals surface area contributed by atoms with Crippen LogP contribution in [0.4, 0.5) is 0 Å². The molecule has 0 saturated heterocycles. The molecule has 3 aromatic heterocycles. The van der Waals surface area contributed by atoms with E-state index in [-0.39, 0.29) is 0 Å². The number of hydrogen-bond donors (Lipinski definition) is 0. The molecule has 0 amide bonds. The monoisotopic (exact) mass is 1180 g/mol. The molecule has 0 atom stereocenters. The molecule has 0 bridgehead atoms. The van der Waals surface area contributed by atoms with Crippen molar-refractivity contribution >= 4 is 43.6 Å². The highest BCUT2D eigenvalue weighted by molar-refractivity contribution is 6.14. The predicted molar refractivity (Wildman–Crippen MR) is 381 cm³/mol. The Morgan fingerprint density at radius 3 is 0.967 bits per heavy atom. The molecule has 0 N–H and O–H groups in total. The van der Waals surface area contributed by atoms with Gasteiger partial charge in [0.1, 0.15) is 0 Å². The van der Waals surface area contributed by atoms with Crippen molar-refractivity contribution in [2.24, 2.45) is 0 Å². The van der Waals surface area contributed by atoms with E-state index in [1.54, 1.807) is 0 Å². The topological polar surface area (TPSA) is 72.3 Å². The molecule has 6 heteroatoms. The zero-order valence-electron chi connectivity index (χ0n) is 51.4. The normalized spacial score (nSPS) is 11.5. The maximum Gasteiger partial charge on any atom is 0.166 e. The lowest BCUT2D eigenvalue weighted by molar-refractivity contribution is 1.06. The Labute approximate surface area is 535 Å². The fraction of sp³-hybridized carbons (Fsp3) is 0.0465. The Bertz CT molecular complexity index is 5300. The lowest BCUT2D eigenvalue weighted by Gasteiger charge is -2.21. The van der Waals surface area contributed by atoms with Gasteiger partial charge in [0, 0.05) is 38.2 Å². The molecular formula is C86H60N6. The van der Waals surface area contributed by atoms with E-state index >= 15 is 0 Å². The molecule has 0 fully saturated rings. The van der Waals surface area contributed by atoms with E-state index in [9.17, 15) is 5.26 Å². The maximum atomic E-state index is 10.0. The van der Waals surface area contributed by atoms with Gasteiger partial charge in [0.05, 0.1) is 50.6 Å². The molecule has 0 radical (unpaired) electrons. The first-order valence-corrected chi connectivity index (χ1v) is 31.3. The van der Waals surface area contributed by atoms with Crippen molar-refractivity contribution in [2.45, 2.75) is 27.7 Å². The minimum atomic E-state index is 0.522. The predicted octanol–water partition coefficient (Wildman–Crippen LogP) is 22.2. The average Bonchev–Trinajstić information content (AvgIpc) is 1.54. The summed E-state index contributed by atoms with van der Waals surface area (Å²) in [5, 5.41) is 14.6. The van der Waals surface area contributed by atoms with E-state index in [0.717, 1.165) is 138 Å². The van der Waals surface area contributed by atoms with Crippen LogP contribution in [0.5, 0.6) is 0 Å². The highest BCUT2D eigenvalue weighted by Crippen LogP contribution is 2.47. The smallest absolute Gasteiger partial charge is 0.166 e. The summed E-state index contributed by atoms with van der Waals surface area (Å²) in [7, 11) is 0. The zero-order valence-corrected chi connectivity index (χ0v) is 51.4. The maximum absolute atomic E-state index is 10.0. The Hall–Kier alpha value is -12.0. The summed E-state index contributed by atoms with van der Waals surface area (Å²) in [5.41, 5.74) is 27.2. The van der Waals surface area contributed by atoms with Crippen molar-refractivity contribution in [3.63, 3.8) is 0 Å². The molecule has 6 nitrogen and oxygen atoms in total. The Kier molecular flexibility index (Phi) is 13.7. The van der Waals surface area contributed by atoms with Crippen LogP contribution < -0.4 is 0 Å². The lowest BCUT2D eigenvalue weighted by Crippen LogP contribution is -2.06. The van der Waals surface area contributed by atoms with Gasteiger partial charge in [-0.1, -0.05) is 235 Å². The van der Waals surface area contributed by atoms with Gasteiger partial charge in [-0.25, -0.2) is 15.0 Å². The number of nitriles is 1. The number of aromatic nitrogens is 5. The summed E-state index contributed by atoms with van der Waals surface area (Å²) < 4.78 is 4.88. The molecule has 0 saturated carbocycles. The molecule has 0 unspecified atom stereocenters. The third-order valence-electron chi connectivity index (χ3n) is 18.2. The Balaban J connectivity index is 1.03. The van der Waals surface area contributed by atoms with E-state index in [2.05, 4.69) is 273 Å². The summed E-state index contributed by atoms with van der Waals surface area (Å²) in [5.74, 6) is 1.64. The number of benzene rings is 13. The first-order chi connectivity index (χ1) is 45.2. The summed E-state index contributed by atoms with van der Waals surface area (Å²) in [6, 6.07) is 107. The second-order valence-electron chi connectivity index (χ2n) is 24.2. The fourth-order valence-electron chi connectivity index (χ4n) is 13.2. The fourth-order valence-corrected chi connectivity index (χ4v) is 13.2. The molecule has 16 rings (SSSR count). The van der Waals surface area contributed by atoms with Crippen LogP contribution in [-0.4, -0.2) is 24.1 Å². The molecule has 434 valence electrons. The van der Waals surface area contributed by atoms with Crippen LogP contribution in [-0.2, 0) is 0 Å². The minimum absolute atomic E-state index is 0.522. The van der Waals surface area contributed by atoms with E-state index in [1.165, 1.54) is 22.3 Å². The number of hydrogen-bond acceptors (Lipinski definition) is 4. The van der Waals surface area contributed by atoms with Crippen LogP contribution in [0.1, 0.15) is 27.8 Å². The molecule has 0 aliphatic heterocycles. The van der Waals surface area contributed by atoms with Crippen molar-refractivity contribution in [3.8, 4) is 118 Å². The summed E-state index contributed by atoms with van der Waals surface area (Å²) in [6.45, 7) is 8.54. The van der Waals surface area contributed by atoms with Gasteiger partial charge in [-0.3, -0.25) is 0 Å². The molecule has 16 aromatic rings. The van der Waals surface area contributed by atoms with Crippen molar-refractivity contribution in [3.05, 3.63) is 319 Å². The largest absolute Gasteiger partial charge is 0.309 e. The van der Waals surface area contributed by atoms with Crippen LogP contribution in [0.15, 0.2) is 291 Å². The molecule has 13 aromatic carbocycles. The number of rotatable bonds is 11. The highest BCUT2D eigenvalue weighted by atomic mass is 15.1. The third-order valence-corrected chi connectivity index (χ3v) is 18.2. The van der Waals surface area contributed by atoms with Gasteiger partial charge < -0.3 is 9.13 Å². The highest BCUT2D eigenvalue weighted by Gasteiger charge is 2.27. The van der Waals surface area contributed by atoms with Gasteiger partial charge in [0.15, 0.2) is 17.5 Å². The molecule has 0 aliphatic rings.